The Morgan fingerprint density at radius 3 is 2.26 bits per heavy atom. The molecule has 0 amide bonds. The zero-order chi connectivity index (χ0) is 16.6. The van der Waals surface area contributed by atoms with Gasteiger partial charge in [0, 0.05) is 23.1 Å². The summed E-state index contributed by atoms with van der Waals surface area (Å²) >= 11 is 0. The fourth-order valence-electron chi connectivity index (χ4n) is 2.36. The lowest BCUT2D eigenvalue weighted by molar-refractivity contribution is -0.384. The molecule has 2 N–H and O–H groups in total. The van der Waals surface area contributed by atoms with E-state index in [1.807, 2.05) is 0 Å². The van der Waals surface area contributed by atoms with Crippen LogP contribution >= 0.6 is 0 Å². The lowest BCUT2D eigenvalue weighted by Crippen LogP contribution is -2.02. The molecule has 0 aliphatic carbocycles. The van der Waals surface area contributed by atoms with Crippen molar-refractivity contribution in [1.29, 1.82) is 0 Å². The van der Waals surface area contributed by atoms with Gasteiger partial charge in [-0.2, -0.15) is 0 Å². The molecule has 1 aromatic heterocycles. The Morgan fingerprint density at radius 2 is 1.65 bits per heavy atom. The van der Waals surface area contributed by atoms with Gasteiger partial charge < -0.3 is 5.73 Å². The average Bonchev–Trinajstić information content (AvgIpc) is 2.54. The third kappa shape index (κ3) is 2.42. The minimum Gasteiger partial charge on any atom is -0.393 e. The summed E-state index contributed by atoms with van der Waals surface area (Å²) in [6.07, 6.45) is 0. The van der Waals surface area contributed by atoms with Gasteiger partial charge in [0.05, 0.1) is 15.4 Å². The summed E-state index contributed by atoms with van der Waals surface area (Å²) < 4.78 is 0. The number of nitro groups is 2. The molecular weight excluding hydrogens is 300 g/mol. The Bertz CT molecular complexity index is 941. The summed E-state index contributed by atoms with van der Waals surface area (Å²) in [5.74, 6) is 0. The van der Waals surface area contributed by atoms with E-state index in [-0.39, 0.29) is 28.3 Å². The van der Waals surface area contributed by atoms with Gasteiger partial charge in [-0.15, -0.1) is 0 Å². The molecule has 0 saturated heterocycles. The van der Waals surface area contributed by atoms with Crippen LogP contribution in [0, 0.1) is 20.2 Å². The van der Waals surface area contributed by atoms with Crippen LogP contribution < -0.4 is 5.73 Å². The molecule has 3 aromatic rings. The fraction of sp³-hybridized carbons (Fsp3) is 0. The number of hydrogen-bond donors (Lipinski definition) is 1. The highest BCUT2D eigenvalue weighted by Crippen LogP contribution is 2.38. The predicted molar refractivity (Wildman–Crippen MR) is 84.9 cm³/mol. The van der Waals surface area contributed by atoms with E-state index in [0.717, 1.165) is 0 Å². The second-order valence-corrected chi connectivity index (χ2v) is 4.80. The number of nitrogens with zero attached hydrogens (tertiary/aromatic N) is 3. The van der Waals surface area contributed by atoms with Crippen molar-refractivity contribution in [2.24, 2.45) is 0 Å². The third-order valence-electron chi connectivity index (χ3n) is 3.42. The molecule has 0 bridgehead atoms. The summed E-state index contributed by atoms with van der Waals surface area (Å²) in [5, 5.41) is 22.6. The lowest BCUT2D eigenvalue weighted by atomic mass is 10.1. The number of rotatable bonds is 3. The van der Waals surface area contributed by atoms with Gasteiger partial charge in [0.15, 0.2) is 5.69 Å². The first-order valence-corrected chi connectivity index (χ1v) is 6.56. The van der Waals surface area contributed by atoms with Crippen molar-refractivity contribution >= 4 is 28.0 Å². The Kier molecular flexibility index (Phi) is 3.34. The molecule has 23 heavy (non-hydrogen) atoms. The molecule has 0 spiro atoms. The number of benzene rings is 2. The normalized spacial score (nSPS) is 10.6. The maximum atomic E-state index is 11.4. The van der Waals surface area contributed by atoms with Gasteiger partial charge in [0.2, 0.25) is 0 Å². The van der Waals surface area contributed by atoms with Gasteiger partial charge in [0.1, 0.15) is 5.69 Å². The highest BCUT2D eigenvalue weighted by atomic mass is 16.6. The number of nitrogen functional groups attached to an aromatic ring is 1. The van der Waals surface area contributed by atoms with Gasteiger partial charge in [-0.05, 0) is 6.07 Å². The number of nitro benzene ring substituents is 1. The zero-order valence-electron chi connectivity index (χ0n) is 11.7. The molecule has 0 aliphatic heterocycles. The van der Waals surface area contributed by atoms with Crippen molar-refractivity contribution in [2.75, 3.05) is 5.73 Å². The molecule has 0 radical (unpaired) electrons. The van der Waals surface area contributed by atoms with Crippen LogP contribution in [0.2, 0.25) is 0 Å². The minimum atomic E-state index is -0.592. The summed E-state index contributed by atoms with van der Waals surface area (Å²) in [7, 11) is 0. The Balaban J connectivity index is 2.39. The van der Waals surface area contributed by atoms with Gasteiger partial charge in [-0.25, -0.2) is 4.98 Å². The third-order valence-corrected chi connectivity index (χ3v) is 3.42. The van der Waals surface area contributed by atoms with Crippen molar-refractivity contribution < 1.29 is 9.85 Å². The van der Waals surface area contributed by atoms with Gasteiger partial charge >= 0.3 is 5.69 Å². The van der Waals surface area contributed by atoms with E-state index in [4.69, 9.17) is 5.73 Å². The molecule has 8 heteroatoms. The Labute approximate surface area is 129 Å². The Morgan fingerprint density at radius 1 is 0.957 bits per heavy atom. The molecule has 8 nitrogen and oxygen atoms in total. The molecule has 0 fully saturated rings. The lowest BCUT2D eigenvalue weighted by Gasteiger charge is -2.08. The molecule has 0 aliphatic rings. The largest absolute Gasteiger partial charge is 0.393 e. The summed E-state index contributed by atoms with van der Waals surface area (Å²) in [4.78, 5) is 25.4. The van der Waals surface area contributed by atoms with Crippen molar-refractivity contribution in [1.82, 2.24) is 4.98 Å². The van der Waals surface area contributed by atoms with E-state index < -0.39 is 9.85 Å². The maximum absolute atomic E-state index is 11.4. The van der Waals surface area contributed by atoms with E-state index in [0.29, 0.717) is 10.9 Å². The molecule has 0 unspecified atom stereocenters. The second-order valence-electron chi connectivity index (χ2n) is 4.80. The first kappa shape index (κ1) is 14.4. The second kappa shape index (κ2) is 5.34. The van der Waals surface area contributed by atoms with Crippen LogP contribution in [-0.2, 0) is 0 Å². The molecule has 114 valence electrons. The van der Waals surface area contributed by atoms with E-state index in [1.54, 1.807) is 30.3 Å². The Hall–Kier alpha value is -3.55. The minimum absolute atomic E-state index is 0.0613. The number of fused-ring (bicyclic) bond motifs is 1. The number of anilines is 1. The fourth-order valence-corrected chi connectivity index (χ4v) is 2.36. The standard InChI is InChI=1S/C15H10N4O4/c16-13-11-7-6-10(18(20)21)8-12(11)17-14(15(13)19(22)23)9-4-2-1-3-5-9/h1-8H,(H2,16,17). The van der Waals surface area contributed by atoms with Crippen molar-refractivity contribution in [3.05, 3.63) is 68.8 Å². The van der Waals surface area contributed by atoms with Gasteiger partial charge in [0.25, 0.3) is 5.69 Å². The van der Waals surface area contributed by atoms with E-state index >= 15 is 0 Å². The quantitative estimate of drug-likeness (QED) is 0.584. The van der Waals surface area contributed by atoms with Gasteiger partial charge in [-0.3, -0.25) is 20.2 Å². The molecule has 0 atom stereocenters. The average molecular weight is 310 g/mol. The molecule has 1 heterocycles. The van der Waals surface area contributed by atoms with E-state index in [9.17, 15) is 20.2 Å². The van der Waals surface area contributed by atoms with E-state index in [2.05, 4.69) is 4.98 Å². The zero-order valence-corrected chi connectivity index (χ0v) is 11.7. The highest BCUT2D eigenvalue weighted by molar-refractivity contribution is 6.00. The summed E-state index contributed by atoms with van der Waals surface area (Å²) in [5.41, 5.74) is 6.24. The van der Waals surface area contributed by atoms with Crippen LogP contribution in [0.25, 0.3) is 22.2 Å². The summed E-state index contributed by atoms with van der Waals surface area (Å²) in [6.45, 7) is 0. The number of pyridine rings is 1. The van der Waals surface area contributed by atoms with Crippen molar-refractivity contribution in [3.8, 4) is 11.3 Å². The SMILES string of the molecule is Nc1c([N+](=O)[O-])c(-c2ccccc2)nc2cc([N+](=O)[O-])ccc12. The molecular formula is C15H10N4O4. The van der Waals surface area contributed by atoms with Crippen LogP contribution in [-0.4, -0.2) is 14.8 Å². The molecule has 3 rings (SSSR count). The van der Waals surface area contributed by atoms with Crippen LogP contribution in [0.1, 0.15) is 0 Å². The molecule has 0 saturated carbocycles. The van der Waals surface area contributed by atoms with Crippen molar-refractivity contribution in [2.45, 2.75) is 0 Å². The summed E-state index contributed by atoms with van der Waals surface area (Å²) in [6, 6.07) is 12.4. The first-order valence-electron chi connectivity index (χ1n) is 6.56. The number of nitrogens with two attached hydrogens (primary N) is 1. The van der Waals surface area contributed by atoms with Crippen LogP contribution in [0.5, 0.6) is 0 Å². The smallest absolute Gasteiger partial charge is 0.318 e. The van der Waals surface area contributed by atoms with E-state index in [1.165, 1.54) is 18.2 Å². The topological polar surface area (TPSA) is 125 Å². The van der Waals surface area contributed by atoms with Crippen LogP contribution in [0.4, 0.5) is 17.1 Å². The maximum Gasteiger partial charge on any atom is 0.318 e. The molecule has 2 aromatic carbocycles. The van der Waals surface area contributed by atoms with Crippen molar-refractivity contribution in [3.63, 3.8) is 0 Å². The first-order chi connectivity index (χ1) is 11.0. The number of non-ortho nitro benzene ring substituents is 1. The number of aromatic nitrogens is 1. The monoisotopic (exact) mass is 310 g/mol. The van der Waals surface area contributed by atoms with Crippen LogP contribution in [0.15, 0.2) is 48.5 Å². The highest BCUT2D eigenvalue weighted by Gasteiger charge is 2.24. The predicted octanol–water partition coefficient (Wildman–Crippen LogP) is 3.30. The van der Waals surface area contributed by atoms with Crippen LogP contribution in [0.3, 0.4) is 0 Å². The number of hydrogen-bond acceptors (Lipinski definition) is 6. The van der Waals surface area contributed by atoms with Gasteiger partial charge in [-0.1, -0.05) is 30.3 Å².